The van der Waals surface area contributed by atoms with E-state index < -0.39 is 0 Å². The molecule has 1 atom stereocenters. The van der Waals surface area contributed by atoms with E-state index in [-0.39, 0.29) is 0 Å². The fourth-order valence-electron chi connectivity index (χ4n) is 1.86. The highest BCUT2D eigenvalue weighted by Gasteiger charge is 2.05. The highest BCUT2D eigenvalue weighted by atomic mass is 14.9. The van der Waals surface area contributed by atoms with Crippen molar-refractivity contribution in [2.24, 2.45) is 0 Å². The lowest BCUT2D eigenvalue weighted by Crippen LogP contribution is -2.28. The standard InChI is InChI=1S/C14H24N2/c1-4-6-7-14(5-2)16-11-13-8-9-15-10-12(13)3/h8-10,14,16H,4-7,11H2,1-3H3. The summed E-state index contributed by atoms with van der Waals surface area (Å²) in [5.41, 5.74) is 2.64. The topological polar surface area (TPSA) is 24.9 Å². The molecule has 0 fully saturated rings. The molecule has 1 N–H and O–H groups in total. The summed E-state index contributed by atoms with van der Waals surface area (Å²) < 4.78 is 0. The van der Waals surface area contributed by atoms with Crippen molar-refractivity contribution < 1.29 is 0 Å². The van der Waals surface area contributed by atoms with Crippen molar-refractivity contribution in [2.45, 2.75) is 59.0 Å². The van der Waals surface area contributed by atoms with Gasteiger partial charge in [0.2, 0.25) is 0 Å². The first kappa shape index (κ1) is 13.2. The first-order valence-electron chi connectivity index (χ1n) is 6.40. The number of nitrogens with zero attached hydrogens (tertiary/aromatic N) is 1. The number of unbranched alkanes of at least 4 members (excludes halogenated alkanes) is 1. The van der Waals surface area contributed by atoms with Gasteiger partial charge in [0.05, 0.1) is 0 Å². The van der Waals surface area contributed by atoms with Crippen LogP contribution in [0.25, 0.3) is 0 Å². The van der Waals surface area contributed by atoms with E-state index in [4.69, 9.17) is 0 Å². The summed E-state index contributed by atoms with van der Waals surface area (Å²) in [6.07, 6.45) is 8.91. The van der Waals surface area contributed by atoms with E-state index in [1.807, 2.05) is 12.4 Å². The van der Waals surface area contributed by atoms with E-state index in [9.17, 15) is 0 Å². The zero-order valence-electron chi connectivity index (χ0n) is 10.8. The molecule has 2 heteroatoms. The Bertz CT molecular complexity index is 297. The molecule has 1 rings (SSSR count). The maximum Gasteiger partial charge on any atom is 0.0300 e. The van der Waals surface area contributed by atoms with Crippen molar-refractivity contribution in [3.8, 4) is 0 Å². The molecular weight excluding hydrogens is 196 g/mol. The van der Waals surface area contributed by atoms with Gasteiger partial charge in [-0.2, -0.15) is 0 Å². The van der Waals surface area contributed by atoms with E-state index in [0.29, 0.717) is 6.04 Å². The summed E-state index contributed by atoms with van der Waals surface area (Å²) in [5.74, 6) is 0. The fourth-order valence-corrected chi connectivity index (χ4v) is 1.86. The maximum atomic E-state index is 4.11. The Kier molecular flexibility index (Phi) is 6.09. The lowest BCUT2D eigenvalue weighted by Gasteiger charge is -2.17. The molecule has 1 aromatic rings. The number of nitrogens with one attached hydrogen (secondary N) is 1. The Morgan fingerprint density at radius 3 is 2.81 bits per heavy atom. The lowest BCUT2D eigenvalue weighted by molar-refractivity contribution is 0.451. The fraction of sp³-hybridized carbons (Fsp3) is 0.643. The molecule has 0 aromatic carbocycles. The van der Waals surface area contributed by atoms with Crippen LogP contribution in [0.15, 0.2) is 18.5 Å². The van der Waals surface area contributed by atoms with Crippen molar-refractivity contribution in [3.05, 3.63) is 29.6 Å². The third-order valence-corrected chi connectivity index (χ3v) is 3.12. The first-order chi connectivity index (χ1) is 7.77. The van der Waals surface area contributed by atoms with Crippen LogP contribution in [0.2, 0.25) is 0 Å². The van der Waals surface area contributed by atoms with Gasteiger partial charge in [-0.05, 0) is 37.0 Å². The molecule has 1 heterocycles. The van der Waals surface area contributed by atoms with E-state index in [2.05, 4.69) is 37.1 Å². The summed E-state index contributed by atoms with van der Waals surface area (Å²) in [4.78, 5) is 4.11. The predicted octanol–water partition coefficient (Wildman–Crippen LogP) is 3.45. The van der Waals surface area contributed by atoms with Crippen LogP contribution in [-0.4, -0.2) is 11.0 Å². The van der Waals surface area contributed by atoms with Crippen LogP contribution in [0.4, 0.5) is 0 Å². The van der Waals surface area contributed by atoms with Crippen LogP contribution in [0.1, 0.15) is 50.7 Å². The van der Waals surface area contributed by atoms with Gasteiger partial charge in [0.25, 0.3) is 0 Å². The number of hydrogen-bond donors (Lipinski definition) is 1. The molecule has 1 unspecified atom stereocenters. The minimum atomic E-state index is 0.660. The molecular formula is C14H24N2. The van der Waals surface area contributed by atoms with Crippen molar-refractivity contribution in [1.82, 2.24) is 10.3 Å². The Hall–Kier alpha value is -0.890. The molecule has 0 aliphatic heterocycles. The van der Waals surface area contributed by atoms with E-state index >= 15 is 0 Å². The summed E-state index contributed by atoms with van der Waals surface area (Å²) in [7, 11) is 0. The minimum Gasteiger partial charge on any atom is -0.310 e. The van der Waals surface area contributed by atoms with Crippen LogP contribution >= 0.6 is 0 Å². The number of rotatable bonds is 7. The number of aryl methyl sites for hydroxylation is 1. The monoisotopic (exact) mass is 220 g/mol. The van der Waals surface area contributed by atoms with Crippen molar-refractivity contribution >= 4 is 0 Å². The average Bonchev–Trinajstić information content (AvgIpc) is 2.31. The second kappa shape index (κ2) is 7.39. The highest BCUT2D eigenvalue weighted by molar-refractivity contribution is 5.21. The third-order valence-electron chi connectivity index (χ3n) is 3.12. The number of hydrogen-bond acceptors (Lipinski definition) is 2. The summed E-state index contributed by atoms with van der Waals surface area (Å²) >= 11 is 0. The summed E-state index contributed by atoms with van der Waals surface area (Å²) in [6.45, 7) is 7.60. The van der Waals surface area contributed by atoms with Gasteiger partial charge in [0.1, 0.15) is 0 Å². The first-order valence-corrected chi connectivity index (χ1v) is 6.40. The van der Waals surface area contributed by atoms with Crippen LogP contribution in [0.5, 0.6) is 0 Å². The quantitative estimate of drug-likeness (QED) is 0.761. The molecule has 0 saturated carbocycles. The van der Waals surface area contributed by atoms with Gasteiger partial charge in [-0.1, -0.05) is 26.7 Å². The van der Waals surface area contributed by atoms with Crippen LogP contribution in [-0.2, 0) is 6.54 Å². The van der Waals surface area contributed by atoms with E-state index in [0.717, 1.165) is 6.54 Å². The van der Waals surface area contributed by atoms with E-state index in [1.54, 1.807) is 0 Å². The molecule has 0 saturated heterocycles. The zero-order valence-corrected chi connectivity index (χ0v) is 10.8. The van der Waals surface area contributed by atoms with Gasteiger partial charge in [0.15, 0.2) is 0 Å². The van der Waals surface area contributed by atoms with Gasteiger partial charge in [-0.25, -0.2) is 0 Å². The van der Waals surface area contributed by atoms with Crippen molar-refractivity contribution in [1.29, 1.82) is 0 Å². The van der Waals surface area contributed by atoms with Gasteiger partial charge in [-0.15, -0.1) is 0 Å². The molecule has 0 bridgehead atoms. The predicted molar refractivity (Wildman–Crippen MR) is 69.4 cm³/mol. The second-order valence-corrected chi connectivity index (χ2v) is 4.43. The average molecular weight is 220 g/mol. The molecule has 16 heavy (non-hydrogen) atoms. The molecule has 2 nitrogen and oxygen atoms in total. The molecule has 1 aromatic heterocycles. The second-order valence-electron chi connectivity index (χ2n) is 4.43. The van der Waals surface area contributed by atoms with Crippen LogP contribution < -0.4 is 5.32 Å². The number of aromatic nitrogens is 1. The Morgan fingerprint density at radius 2 is 2.19 bits per heavy atom. The minimum absolute atomic E-state index is 0.660. The molecule has 0 radical (unpaired) electrons. The largest absolute Gasteiger partial charge is 0.310 e. The Labute approximate surface area is 99.5 Å². The van der Waals surface area contributed by atoms with Gasteiger partial charge < -0.3 is 5.32 Å². The smallest absolute Gasteiger partial charge is 0.0300 e. The van der Waals surface area contributed by atoms with Gasteiger partial charge >= 0.3 is 0 Å². The van der Waals surface area contributed by atoms with Gasteiger partial charge in [0, 0.05) is 25.0 Å². The Balaban J connectivity index is 2.40. The van der Waals surface area contributed by atoms with Crippen molar-refractivity contribution in [2.75, 3.05) is 0 Å². The summed E-state index contributed by atoms with van der Waals surface area (Å²) in [6, 6.07) is 2.77. The highest BCUT2D eigenvalue weighted by Crippen LogP contribution is 2.08. The van der Waals surface area contributed by atoms with Crippen LogP contribution in [0.3, 0.4) is 0 Å². The molecule has 0 aliphatic rings. The normalized spacial score (nSPS) is 12.7. The van der Waals surface area contributed by atoms with Crippen LogP contribution in [0, 0.1) is 6.92 Å². The maximum absolute atomic E-state index is 4.11. The Morgan fingerprint density at radius 1 is 1.38 bits per heavy atom. The zero-order chi connectivity index (χ0) is 11.8. The number of pyridine rings is 1. The van der Waals surface area contributed by atoms with E-state index in [1.165, 1.54) is 36.8 Å². The lowest BCUT2D eigenvalue weighted by atomic mass is 10.1. The van der Waals surface area contributed by atoms with Crippen molar-refractivity contribution in [3.63, 3.8) is 0 Å². The molecule has 0 aliphatic carbocycles. The van der Waals surface area contributed by atoms with Gasteiger partial charge in [-0.3, -0.25) is 4.98 Å². The summed E-state index contributed by atoms with van der Waals surface area (Å²) in [5, 5.41) is 3.63. The molecule has 0 amide bonds. The molecule has 90 valence electrons. The SMILES string of the molecule is CCCCC(CC)NCc1ccncc1C. The molecule has 0 spiro atoms. The third kappa shape index (κ3) is 4.31.